The van der Waals surface area contributed by atoms with Crippen LogP contribution in [-0.4, -0.2) is 42.3 Å². The van der Waals surface area contributed by atoms with Crippen LogP contribution in [0.25, 0.3) is 0 Å². The van der Waals surface area contributed by atoms with E-state index in [0.717, 1.165) is 0 Å². The Balaban J connectivity index is 1.57. The number of hydrogen-bond acceptors (Lipinski definition) is 6. The molecule has 200 valence electrons. The molecular formula is C27H29ClN4O6. The molecule has 0 heterocycles. The molecule has 0 aromatic heterocycles. The smallest absolute Gasteiger partial charge is 0.335 e. The van der Waals surface area contributed by atoms with Crippen LogP contribution in [0.5, 0.6) is 11.5 Å². The van der Waals surface area contributed by atoms with E-state index in [0.29, 0.717) is 33.5 Å². The maximum atomic E-state index is 12.7. The summed E-state index contributed by atoms with van der Waals surface area (Å²) in [6.07, 6.45) is 0.0569. The fraction of sp³-hybridized carbons (Fsp3) is 0.222. The molecule has 0 aliphatic rings. The first kappa shape index (κ1) is 28.1. The first-order valence-corrected chi connectivity index (χ1v) is 11.9. The Morgan fingerprint density at radius 1 is 0.974 bits per heavy atom. The number of amides is 3. The molecule has 0 bridgehead atoms. The van der Waals surface area contributed by atoms with Crippen LogP contribution in [0.1, 0.15) is 29.8 Å². The number of benzene rings is 3. The number of ether oxygens (including phenoxy) is 2. The number of carbonyl (C=O) groups is 3. The number of nitrogen functional groups attached to an aromatic ring is 1. The van der Waals surface area contributed by atoms with Gasteiger partial charge in [-0.2, -0.15) is 0 Å². The number of rotatable bonds is 10. The minimum absolute atomic E-state index is 0.0558. The summed E-state index contributed by atoms with van der Waals surface area (Å²) in [7, 11) is 1.46. The number of hydrogen-bond donors (Lipinski definition) is 5. The van der Waals surface area contributed by atoms with Gasteiger partial charge in [0.2, 0.25) is 5.91 Å². The monoisotopic (exact) mass is 540 g/mol. The van der Waals surface area contributed by atoms with Crippen molar-refractivity contribution in [3.05, 3.63) is 76.8 Å². The lowest BCUT2D eigenvalue weighted by atomic mass is 10.1. The molecule has 0 saturated heterocycles. The average molecular weight is 541 g/mol. The maximum absolute atomic E-state index is 12.7. The van der Waals surface area contributed by atoms with Gasteiger partial charge in [0.1, 0.15) is 18.1 Å². The molecule has 0 saturated carbocycles. The zero-order chi connectivity index (χ0) is 27.9. The number of methoxy groups -OCH3 is 1. The predicted molar refractivity (Wildman–Crippen MR) is 146 cm³/mol. The Morgan fingerprint density at radius 3 is 2.34 bits per heavy atom. The molecule has 11 heteroatoms. The normalized spacial score (nSPS) is 10.8. The Bertz CT molecular complexity index is 1340. The van der Waals surface area contributed by atoms with Gasteiger partial charge in [0.25, 0.3) is 0 Å². The van der Waals surface area contributed by atoms with Crippen LogP contribution >= 0.6 is 11.6 Å². The molecule has 3 amide bonds. The van der Waals surface area contributed by atoms with Crippen molar-refractivity contribution >= 4 is 46.6 Å². The summed E-state index contributed by atoms with van der Waals surface area (Å²) >= 11 is 6.08. The summed E-state index contributed by atoms with van der Waals surface area (Å²) in [5.41, 5.74) is 6.92. The van der Waals surface area contributed by atoms with Crippen LogP contribution in [0.2, 0.25) is 5.02 Å². The Morgan fingerprint density at radius 2 is 1.68 bits per heavy atom. The van der Waals surface area contributed by atoms with Gasteiger partial charge in [0.05, 0.1) is 46.7 Å². The molecule has 0 aliphatic carbocycles. The second-order valence-corrected chi connectivity index (χ2v) is 9.46. The van der Waals surface area contributed by atoms with E-state index in [9.17, 15) is 14.4 Å². The number of urea groups is 1. The predicted octanol–water partition coefficient (Wildman–Crippen LogP) is 4.79. The van der Waals surface area contributed by atoms with Crippen molar-refractivity contribution in [1.82, 2.24) is 5.32 Å². The molecule has 3 aromatic rings. The summed E-state index contributed by atoms with van der Waals surface area (Å²) in [5.74, 6) is -0.639. The molecule has 3 aromatic carbocycles. The van der Waals surface area contributed by atoms with Crippen LogP contribution in [-0.2, 0) is 11.2 Å². The summed E-state index contributed by atoms with van der Waals surface area (Å²) in [5, 5.41) is 17.7. The third-order valence-corrected chi connectivity index (χ3v) is 5.65. The second kappa shape index (κ2) is 12.2. The highest BCUT2D eigenvalue weighted by Gasteiger charge is 2.23. The second-order valence-electron chi connectivity index (χ2n) is 9.05. The standard InChI is InChI=1S/C27H29ClN4O6/c1-27(2,15-38-22-11-9-17(25(34)35)14-19(22)29)32-24(33)13-16-8-10-21(23(12-16)37-3)31-26(36)30-20-7-5-4-6-18(20)28/h4-12,14H,13,15,29H2,1-3H3,(H,32,33)(H,34,35)(H2,30,31,36). The summed E-state index contributed by atoms with van der Waals surface area (Å²) in [6, 6.07) is 15.6. The number of carboxylic acid groups (broad SMARTS) is 1. The number of anilines is 3. The zero-order valence-electron chi connectivity index (χ0n) is 21.1. The van der Waals surface area contributed by atoms with E-state index in [1.807, 2.05) is 0 Å². The Kier molecular flexibility index (Phi) is 9.03. The van der Waals surface area contributed by atoms with Gasteiger partial charge in [-0.25, -0.2) is 9.59 Å². The third-order valence-electron chi connectivity index (χ3n) is 5.32. The number of carboxylic acids is 1. The highest BCUT2D eigenvalue weighted by molar-refractivity contribution is 6.33. The quantitative estimate of drug-likeness (QED) is 0.232. The molecule has 3 rings (SSSR count). The third kappa shape index (κ3) is 7.78. The summed E-state index contributed by atoms with van der Waals surface area (Å²) in [6.45, 7) is 3.68. The lowest BCUT2D eigenvalue weighted by molar-refractivity contribution is -0.122. The highest BCUT2D eigenvalue weighted by Crippen LogP contribution is 2.27. The molecular weight excluding hydrogens is 512 g/mol. The summed E-state index contributed by atoms with van der Waals surface area (Å²) in [4.78, 5) is 36.2. The average Bonchev–Trinajstić information content (AvgIpc) is 2.85. The van der Waals surface area contributed by atoms with Gasteiger partial charge in [-0.3, -0.25) is 4.79 Å². The van der Waals surface area contributed by atoms with Gasteiger partial charge in [-0.15, -0.1) is 0 Å². The van der Waals surface area contributed by atoms with Crippen LogP contribution in [0.4, 0.5) is 21.9 Å². The van der Waals surface area contributed by atoms with Crippen molar-refractivity contribution in [3.63, 3.8) is 0 Å². The van der Waals surface area contributed by atoms with E-state index in [-0.39, 0.29) is 30.2 Å². The molecule has 0 atom stereocenters. The van der Waals surface area contributed by atoms with Crippen molar-refractivity contribution in [2.75, 3.05) is 30.1 Å². The first-order valence-electron chi connectivity index (χ1n) is 11.5. The van der Waals surface area contributed by atoms with E-state index in [1.54, 1.807) is 56.3 Å². The molecule has 0 aliphatic heterocycles. The molecule has 6 N–H and O–H groups in total. The lowest BCUT2D eigenvalue weighted by Gasteiger charge is -2.27. The molecule has 0 spiro atoms. The SMILES string of the molecule is COc1cc(CC(=O)NC(C)(C)COc2ccc(C(=O)O)cc2N)ccc1NC(=O)Nc1ccccc1Cl. The molecule has 0 unspecified atom stereocenters. The van der Waals surface area contributed by atoms with Crippen molar-refractivity contribution in [2.24, 2.45) is 0 Å². The van der Waals surface area contributed by atoms with Gasteiger partial charge in [-0.1, -0.05) is 29.8 Å². The van der Waals surface area contributed by atoms with Crippen LogP contribution < -0.4 is 31.2 Å². The van der Waals surface area contributed by atoms with E-state index < -0.39 is 17.5 Å². The van der Waals surface area contributed by atoms with E-state index in [2.05, 4.69) is 16.0 Å². The van der Waals surface area contributed by atoms with Gasteiger partial charge >= 0.3 is 12.0 Å². The van der Waals surface area contributed by atoms with Crippen molar-refractivity contribution in [3.8, 4) is 11.5 Å². The molecule has 10 nitrogen and oxygen atoms in total. The number of para-hydroxylation sites is 1. The number of halogens is 1. The number of nitrogens with two attached hydrogens (primary N) is 1. The van der Waals surface area contributed by atoms with Crippen LogP contribution in [0.15, 0.2) is 60.7 Å². The molecule has 0 radical (unpaired) electrons. The van der Waals surface area contributed by atoms with Crippen molar-refractivity contribution < 1.29 is 29.0 Å². The van der Waals surface area contributed by atoms with Crippen LogP contribution in [0, 0.1) is 0 Å². The fourth-order valence-electron chi connectivity index (χ4n) is 3.50. The van der Waals surface area contributed by atoms with Gasteiger partial charge in [-0.05, 0) is 61.9 Å². The summed E-state index contributed by atoms with van der Waals surface area (Å²) < 4.78 is 11.1. The topological polar surface area (TPSA) is 152 Å². The van der Waals surface area contributed by atoms with Crippen LogP contribution in [0.3, 0.4) is 0 Å². The van der Waals surface area contributed by atoms with E-state index in [1.165, 1.54) is 25.3 Å². The number of carbonyl (C=O) groups excluding carboxylic acids is 2. The molecule has 0 fully saturated rings. The van der Waals surface area contributed by atoms with Crippen molar-refractivity contribution in [2.45, 2.75) is 25.8 Å². The van der Waals surface area contributed by atoms with E-state index in [4.69, 9.17) is 31.9 Å². The maximum Gasteiger partial charge on any atom is 0.335 e. The Labute approximate surface area is 225 Å². The highest BCUT2D eigenvalue weighted by atomic mass is 35.5. The largest absolute Gasteiger partial charge is 0.495 e. The van der Waals surface area contributed by atoms with Crippen molar-refractivity contribution in [1.29, 1.82) is 0 Å². The lowest BCUT2D eigenvalue weighted by Crippen LogP contribution is -2.48. The number of aromatic carboxylic acids is 1. The van der Waals surface area contributed by atoms with Gasteiger partial charge in [0.15, 0.2) is 0 Å². The van der Waals surface area contributed by atoms with Gasteiger partial charge in [0, 0.05) is 0 Å². The first-order chi connectivity index (χ1) is 18.0. The van der Waals surface area contributed by atoms with Gasteiger partial charge < -0.3 is 36.3 Å². The minimum Gasteiger partial charge on any atom is -0.495 e. The fourth-order valence-corrected chi connectivity index (χ4v) is 3.68. The minimum atomic E-state index is -1.09. The molecule has 38 heavy (non-hydrogen) atoms. The number of nitrogens with one attached hydrogen (secondary N) is 3. The Hall–Kier alpha value is -4.44. The van der Waals surface area contributed by atoms with E-state index >= 15 is 0 Å². The zero-order valence-corrected chi connectivity index (χ0v) is 21.9.